The van der Waals surface area contributed by atoms with Crippen LogP contribution in [0.25, 0.3) is 0 Å². The molecule has 0 spiro atoms. The van der Waals surface area contributed by atoms with Gasteiger partial charge in [0.05, 0.1) is 18.1 Å². The number of fused-ring (bicyclic) bond motifs is 1. The number of hydrogen-bond acceptors (Lipinski definition) is 4. The maximum atomic E-state index is 12.6. The summed E-state index contributed by atoms with van der Waals surface area (Å²) in [6.07, 6.45) is 1.17. The van der Waals surface area contributed by atoms with Gasteiger partial charge in [0.1, 0.15) is 5.75 Å². The topological polar surface area (TPSA) is 72.7 Å². The summed E-state index contributed by atoms with van der Waals surface area (Å²) in [6.45, 7) is 0.823. The molecule has 0 saturated heterocycles. The number of nitro groups is 1. The van der Waals surface area contributed by atoms with Crippen LogP contribution in [0.2, 0.25) is 0 Å². The van der Waals surface area contributed by atoms with Gasteiger partial charge in [-0.25, -0.2) is 0 Å². The van der Waals surface area contributed by atoms with Crippen molar-refractivity contribution < 1.29 is 14.5 Å². The van der Waals surface area contributed by atoms with Crippen LogP contribution in [0.3, 0.4) is 0 Å². The first-order chi connectivity index (χ1) is 12.1. The maximum absolute atomic E-state index is 12.6. The molecule has 0 radical (unpaired) electrons. The van der Waals surface area contributed by atoms with Crippen molar-refractivity contribution in [3.8, 4) is 5.75 Å². The summed E-state index contributed by atoms with van der Waals surface area (Å²) < 4.78 is 5.63. The average Bonchev–Trinajstić information content (AvgIpc) is 2.62. The maximum Gasteiger partial charge on any atom is 0.274 e. The fourth-order valence-electron chi connectivity index (χ4n) is 3.16. The molecule has 1 aliphatic rings. The van der Waals surface area contributed by atoms with E-state index in [0.717, 1.165) is 17.7 Å². The molecule has 6 nitrogen and oxygen atoms in total. The van der Waals surface area contributed by atoms with Crippen LogP contribution in [-0.2, 0) is 11.3 Å². The van der Waals surface area contributed by atoms with Crippen LogP contribution in [0, 0.1) is 10.1 Å². The molecule has 1 heterocycles. The highest BCUT2D eigenvalue weighted by atomic mass is 16.6. The van der Waals surface area contributed by atoms with E-state index in [1.807, 2.05) is 24.3 Å². The third-order valence-electron chi connectivity index (χ3n) is 4.53. The van der Waals surface area contributed by atoms with Gasteiger partial charge in [-0.15, -0.1) is 0 Å². The molecular formula is C19H20N2O4. The number of amides is 1. The molecule has 0 saturated carbocycles. The van der Waals surface area contributed by atoms with Gasteiger partial charge in [0.2, 0.25) is 5.91 Å². The SMILES string of the molecule is CN(Cc1ccccc1[N+](=O)[O-])C(=O)C[C@@H]1CCOc2ccccc21. The highest BCUT2D eigenvalue weighted by Gasteiger charge is 2.25. The standard InChI is InChI=1S/C19H20N2O4/c1-20(13-15-6-2-4-8-17(15)21(23)24)19(22)12-14-10-11-25-18-9-5-3-7-16(14)18/h2-9,14H,10-13H2,1H3/t14-/m0/s1. The molecule has 0 aliphatic carbocycles. The van der Waals surface area contributed by atoms with E-state index in [0.29, 0.717) is 18.6 Å². The minimum Gasteiger partial charge on any atom is -0.493 e. The summed E-state index contributed by atoms with van der Waals surface area (Å²) in [5.41, 5.74) is 1.63. The Labute approximate surface area is 146 Å². The number of nitrogens with zero attached hydrogens (tertiary/aromatic N) is 2. The Morgan fingerprint density at radius 1 is 1.24 bits per heavy atom. The lowest BCUT2D eigenvalue weighted by molar-refractivity contribution is -0.385. The minimum atomic E-state index is -0.414. The molecule has 0 fully saturated rings. The van der Waals surface area contributed by atoms with Crippen molar-refractivity contribution in [2.75, 3.05) is 13.7 Å². The lowest BCUT2D eigenvalue weighted by atomic mass is 9.90. The molecule has 6 heteroatoms. The fraction of sp³-hybridized carbons (Fsp3) is 0.316. The number of rotatable bonds is 5. The van der Waals surface area contributed by atoms with Gasteiger partial charge in [-0.2, -0.15) is 0 Å². The Morgan fingerprint density at radius 2 is 1.96 bits per heavy atom. The summed E-state index contributed by atoms with van der Waals surface area (Å²) in [5, 5.41) is 11.1. The van der Waals surface area contributed by atoms with Crippen LogP contribution >= 0.6 is 0 Å². The first-order valence-electron chi connectivity index (χ1n) is 8.24. The first-order valence-corrected chi connectivity index (χ1v) is 8.24. The van der Waals surface area contributed by atoms with E-state index in [2.05, 4.69) is 0 Å². The quantitative estimate of drug-likeness (QED) is 0.617. The number of benzene rings is 2. The van der Waals surface area contributed by atoms with Crippen LogP contribution < -0.4 is 4.74 Å². The molecule has 0 aromatic heterocycles. The molecule has 0 bridgehead atoms. The van der Waals surface area contributed by atoms with Crippen LogP contribution in [-0.4, -0.2) is 29.4 Å². The predicted molar refractivity (Wildman–Crippen MR) is 93.5 cm³/mol. The highest BCUT2D eigenvalue weighted by Crippen LogP contribution is 2.35. The molecule has 2 aromatic carbocycles. The van der Waals surface area contributed by atoms with E-state index >= 15 is 0 Å². The third kappa shape index (κ3) is 3.79. The lowest BCUT2D eigenvalue weighted by Gasteiger charge is -2.27. The van der Waals surface area contributed by atoms with Crippen molar-refractivity contribution in [3.05, 3.63) is 69.8 Å². The number of ether oxygens (including phenoxy) is 1. The van der Waals surface area contributed by atoms with Gasteiger partial charge in [0, 0.05) is 25.1 Å². The van der Waals surface area contributed by atoms with Crippen LogP contribution in [0.4, 0.5) is 5.69 Å². The second kappa shape index (κ2) is 7.34. The Balaban J connectivity index is 1.69. The number of nitro benzene ring substituents is 1. The van der Waals surface area contributed by atoms with Gasteiger partial charge >= 0.3 is 0 Å². The summed E-state index contributed by atoms with van der Waals surface area (Å²) >= 11 is 0. The molecule has 25 heavy (non-hydrogen) atoms. The number of carbonyl (C=O) groups is 1. The molecule has 2 aromatic rings. The van der Waals surface area contributed by atoms with E-state index in [9.17, 15) is 14.9 Å². The molecular weight excluding hydrogens is 320 g/mol. The molecule has 1 aliphatic heterocycles. The zero-order valence-electron chi connectivity index (χ0n) is 14.1. The Hall–Kier alpha value is -2.89. The van der Waals surface area contributed by atoms with Crippen molar-refractivity contribution in [1.82, 2.24) is 4.90 Å². The summed E-state index contributed by atoms with van der Waals surface area (Å²) in [5.74, 6) is 0.929. The lowest BCUT2D eigenvalue weighted by Crippen LogP contribution is -2.29. The first kappa shape index (κ1) is 17.0. The van der Waals surface area contributed by atoms with Crippen LogP contribution in [0.1, 0.15) is 29.9 Å². The normalized spacial score (nSPS) is 15.8. The minimum absolute atomic E-state index is 0.0279. The Bertz CT molecular complexity index is 790. The number of carbonyl (C=O) groups excluding carboxylic acids is 1. The van der Waals surface area contributed by atoms with E-state index < -0.39 is 4.92 Å². The zero-order chi connectivity index (χ0) is 17.8. The molecule has 1 atom stereocenters. The highest BCUT2D eigenvalue weighted by molar-refractivity contribution is 5.77. The summed E-state index contributed by atoms with van der Waals surface area (Å²) in [4.78, 5) is 24.9. The third-order valence-corrected chi connectivity index (χ3v) is 4.53. The molecule has 1 amide bonds. The number of para-hydroxylation sites is 2. The second-order valence-corrected chi connectivity index (χ2v) is 6.21. The molecule has 130 valence electrons. The van der Waals surface area contributed by atoms with E-state index in [1.54, 1.807) is 30.1 Å². The van der Waals surface area contributed by atoms with Crippen molar-refractivity contribution in [2.24, 2.45) is 0 Å². The Morgan fingerprint density at radius 3 is 2.76 bits per heavy atom. The van der Waals surface area contributed by atoms with Crippen molar-refractivity contribution in [3.63, 3.8) is 0 Å². The largest absolute Gasteiger partial charge is 0.493 e. The van der Waals surface area contributed by atoms with Crippen LogP contribution in [0.15, 0.2) is 48.5 Å². The average molecular weight is 340 g/mol. The monoisotopic (exact) mass is 340 g/mol. The van der Waals surface area contributed by atoms with Crippen molar-refractivity contribution >= 4 is 11.6 Å². The molecule has 3 rings (SSSR count). The Kier molecular flexibility index (Phi) is 4.97. The van der Waals surface area contributed by atoms with Gasteiger partial charge < -0.3 is 9.64 Å². The van der Waals surface area contributed by atoms with E-state index in [1.165, 1.54) is 6.07 Å². The molecule has 0 unspecified atom stereocenters. The van der Waals surface area contributed by atoms with Gasteiger partial charge in [-0.1, -0.05) is 36.4 Å². The van der Waals surface area contributed by atoms with Crippen LogP contribution in [0.5, 0.6) is 5.75 Å². The fourth-order valence-corrected chi connectivity index (χ4v) is 3.16. The van der Waals surface area contributed by atoms with Gasteiger partial charge in [-0.3, -0.25) is 14.9 Å². The van der Waals surface area contributed by atoms with Crippen molar-refractivity contribution in [2.45, 2.75) is 25.3 Å². The zero-order valence-corrected chi connectivity index (χ0v) is 14.1. The van der Waals surface area contributed by atoms with E-state index in [-0.39, 0.29) is 24.1 Å². The van der Waals surface area contributed by atoms with Crippen molar-refractivity contribution in [1.29, 1.82) is 0 Å². The summed E-state index contributed by atoms with van der Waals surface area (Å²) in [7, 11) is 1.68. The van der Waals surface area contributed by atoms with Gasteiger partial charge in [0.15, 0.2) is 0 Å². The van der Waals surface area contributed by atoms with E-state index in [4.69, 9.17) is 4.74 Å². The second-order valence-electron chi connectivity index (χ2n) is 6.21. The van der Waals surface area contributed by atoms with Gasteiger partial charge in [-0.05, 0) is 24.0 Å². The van der Waals surface area contributed by atoms with Gasteiger partial charge in [0.25, 0.3) is 5.69 Å². The predicted octanol–water partition coefficient (Wildman–Crippen LogP) is 3.51. The molecule has 0 N–H and O–H groups in total. The summed E-state index contributed by atoms with van der Waals surface area (Å²) in [6, 6.07) is 14.3. The number of hydrogen-bond donors (Lipinski definition) is 0. The smallest absolute Gasteiger partial charge is 0.274 e.